The van der Waals surface area contributed by atoms with Gasteiger partial charge in [0, 0.05) is 17.2 Å². The first-order chi connectivity index (χ1) is 15.0. The highest BCUT2D eigenvalue weighted by Gasteiger charge is 2.18. The fourth-order valence-electron chi connectivity index (χ4n) is 3.82. The Kier molecular flexibility index (Phi) is 4.59. The number of hydrogen-bond donors (Lipinski definition) is 0. The first kappa shape index (κ1) is 19.1. The minimum atomic E-state index is -0.296. The molecule has 3 aromatic carbocycles. The number of aromatic nitrogens is 2. The van der Waals surface area contributed by atoms with Gasteiger partial charge < -0.3 is 4.42 Å². The van der Waals surface area contributed by atoms with Gasteiger partial charge in [0.25, 0.3) is 0 Å². The van der Waals surface area contributed by atoms with Crippen LogP contribution in [0.5, 0.6) is 0 Å². The average molecular weight is 413 g/mol. The molecule has 0 saturated carbocycles. The van der Waals surface area contributed by atoms with Gasteiger partial charge in [-0.2, -0.15) is 0 Å². The van der Waals surface area contributed by atoms with Crippen molar-refractivity contribution in [2.75, 3.05) is 0 Å². The standard InChI is InChI=1S/C26H19F2N2O/c1-16-22(23-13-7-19(15-30(23)2)17-3-8-20(27)9-4-17)12-14-24-25(16)29-26(31-24)18-5-10-21(28)11-6-18/h3-15H,1-2H3/q+1. The van der Waals surface area contributed by atoms with E-state index in [0.29, 0.717) is 11.5 Å². The lowest BCUT2D eigenvalue weighted by molar-refractivity contribution is -0.659. The zero-order chi connectivity index (χ0) is 21.5. The van der Waals surface area contributed by atoms with E-state index in [2.05, 4.69) is 4.98 Å². The Labute approximate surface area is 178 Å². The normalized spacial score (nSPS) is 11.2. The molecule has 0 spiro atoms. The summed E-state index contributed by atoms with van der Waals surface area (Å²) in [6.07, 6.45) is 2.03. The molecule has 31 heavy (non-hydrogen) atoms. The van der Waals surface area contributed by atoms with Crippen molar-refractivity contribution in [2.24, 2.45) is 7.05 Å². The largest absolute Gasteiger partial charge is 0.436 e. The van der Waals surface area contributed by atoms with Crippen LogP contribution in [0.15, 0.2) is 83.4 Å². The molecule has 0 fully saturated rings. The first-order valence-corrected chi connectivity index (χ1v) is 9.92. The number of oxazole rings is 1. The Hall–Kier alpha value is -3.86. The van der Waals surface area contributed by atoms with Crippen molar-refractivity contribution < 1.29 is 17.8 Å². The molecule has 2 heterocycles. The van der Waals surface area contributed by atoms with Crippen LogP contribution in [0.1, 0.15) is 5.56 Å². The summed E-state index contributed by atoms with van der Waals surface area (Å²) in [4.78, 5) is 4.67. The van der Waals surface area contributed by atoms with Gasteiger partial charge in [-0.15, -0.1) is 0 Å². The number of hydrogen-bond acceptors (Lipinski definition) is 2. The van der Waals surface area contributed by atoms with Gasteiger partial charge in [0.1, 0.15) is 24.2 Å². The summed E-state index contributed by atoms with van der Waals surface area (Å²) in [7, 11) is 1.98. The fourth-order valence-corrected chi connectivity index (χ4v) is 3.82. The van der Waals surface area contributed by atoms with Gasteiger partial charge >= 0.3 is 0 Å². The number of benzene rings is 3. The van der Waals surface area contributed by atoms with Gasteiger partial charge in [0.15, 0.2) is 11.8 Å². The Morgan fingerprint density at radius 2 is 1.35 bits per heavy atom. The molecule has 3 nitrogen and oxygen atoms in total. The van der Waals surface area contributed by atoms with Crippen LogP contribution in [-0.2, 0) is 7.05 Å². The third-order valence-electron chi connectivity index (χ3n) is 5.49. The Morgan fingerprint density at radius 3 is 2.00 bits per heavy atom. The molecule has 0 saturated heterocycles. The molecule has 0 aliphatic heterocycles. The molecule has 2 aromatic heterocycles. The predicted molar refractivity (Wildman–Crippen MR) is 116 cm³/mol. The highest BCUT2D eigenvalue weighted by molar-refractivity contribution is 5.86. The van der Waals surface area contributed by atoms with Gasteiger partial charge in [0.05, 0.1) is 5.56 Å². The lowest BCUT2D eigenvalue weighted by atomic mass is 10.0. The molecule has 0 amide bonds. The average Bonchev–Trinajstić information content (AvgIpc) is 3.21. The third-order valence-corrected chi connectivity index (χ3v) is 5.49. The van der Waals surface area contributed by atoms with Crippen LogP contribution < -0.4 is 4.57 Å². The Bertz CT molecular complexity index is 1400. The quantitative estimate of drug-likeness (QED) is 0.328. The monoisotopic (exact) mass is 413 g/mol. The predicted octanol–water partition coefficient (Wildman–Crippen LogP) is 6.24. The molecule has 0 atom stereocenters. The Morgan fingerprint density at radius 1 is 0.742 bits per heavy atom. The molecule has 0 aliphatic carbocycles. The molecule has 0 aliphatic rings. The van der Waals surface area contributed by atoms with Gasteiger partial charge in [0.2, 0.25) is 11.6 Å². The van der Waals surface area contributed by atoms with Crippen LogP contribution in [0.4, 0.5) is 8.78 Å². The van der Waals surface area contributed by atoms with E-state index in [0.717, 1.165) is 39.0 Å². The zero-order valence-electron chi connectivity index (χ0n) is 17.1. The minimum Gasteiger partial charge on any atom is -0.436 e. The van der Waals surface area contributed by atoms with Crippen LogP contribution in [0.3, 0.4) is 0 Å². The summed E-state index contributed by atoms with van der Waals surface area (Å²) in [6.45, 7) is 2.02. The van der Waals surface area contributed by atoms with Crippen LogP contribution >= 0.6 is 0 Å². The second-order valence-corrected chi connectivity index (χ2v) is 7.53. The molecule has 0 bridgehead atoms. The van der Waals surface area contributed by atoms with E-state index >= 15 is 0 Å². The van der Waals surface area contributed by atoms with E-state index in [4.69, 9.17) is 4.42 Å². The maximum absolute atomic E-state index is 13.2. The first-order valence-electron chi connectivity index (χ1n) is 9.92. The van der Waals surface area contributed by atoms with Crippen molar-refractivity contribution in [3.63, 3.8) is 0 Å². The number of pyridine rings is 1. The van der Waals surface area contributed by atoms with Crippen molar-refractivity contribution >= 4 is 11.1 Å². The summed E-state index contributed by atoms with van der Waals surface area (Å²) in [5.74, 6) is -0.0810. The molecular formula is C26H19F2N2O+. The highest BCUT2D eigenvalue weighted by atomic mass is 19.1. The number of nitrogens with zero attached hydrogens (tertiary/aromatic N) is 2. The summed E-state index contributed by atoms with van der Waals surface area (Å²) < 4.78 is 34.4. The number of aryl methyl sites for hydroxylation is 2. The van der Waals surface area contributed by atoms with Crippen molar-refractivity contribution in [2.45, 2.75) is 6.92 Å². The van der Waals surface area contributed by atoms with Crippen molar-refractivity contribution in [1.82, 2.24) is 4.98 Å². The molecule has 0 radical (unpaired) electrons. The van der Waals surface area contributed by atoms with E-state index in [-0.39, 0.29) is 11.6 Å². The number of fused-ring (bicyclic) bond motifs is 1. The maximum Gasteiger partial charge on any atom is 0.227 e. The van der Waals surface area contributed by atoms with Gasteiger partial charge in [-0.25, -0.2) is 18.3 Å². The molecule has 152 valence electrons. The summed E-state index contributed by atoms with van der Waals surface area (Å²) in [5, 5.41) is 0. The second kappa shape index (κ2) is 7.43. The molecule has 5 heteroatoms. The van der Waals surface area contributed by atoms with Crippen LogP contribution in [0.2, 0.25) is 0 Å². The summed E-state index contributed by atoms with van der Waals surface area (Å²) in [6, 6.07) is 20.6. The van der Waals surface area contributed by atoms with Gasteiger partial charge in [-0.1, -0.05) is 12.1 Å². The maximum atomic E-state index is 13.2. The topological polar surface area (TPSA) is 29.9 Å². The summed E-state index contributed by atoms with van der Waals surface area (Å²) >= 11 is 0. The Balaban J connectivity index is 1.56. The van der Waals surface area contributed by atoms with Crippen LogP contribution in [0.25, 0.3) is 44.9 Å². The lowest BCUT2D eigenvalue weighted by Gasteiger charge is -2.06. The second-order valence-electron chi connectivity index (χ2n) is 7.53. The molecule has 0 unspecified atom stereocenters. The van der Waals surface area contributed by atoms with Crippen molar-refractivity contribution in [3.8, 4) is 33.8 Å². The van der Waals surface area contributed by atoms with Gasteiger partial charge in [-0.05, 0) is 72.6 Å². The SMILES string of the molecule is Cc1c(-c2ccc(-c3ccc(F)cc3)c[n+]2C)ccc2oc(-c3ccc(F)cc3)nc12. The number of rotatable bonds is 3. The number of halogens is 2. The molecule has 0 N–H and O–H groups in total. The van der Waals surface area contributed by atoms with Gasteiger partial charge in [-0.3, -0.25) is 0 Å². The molecule has 5 rings (SSSR count). The van der Waals surface area contributed by atoms with E-state index in [1.165, 1.54) is 24.3 Å². The molecule has 5 aromatic rings. The van der Waals surface area contributed by atoms with Crippen LogP contribution in [0, 0.1) is 18.6 Å². The lowest BCUT2D eigenvalue weighted by Crippen LogP contribution is -2.30. The van der Waals surface area contributed by atoms with Crippen molar-refractivity contribution in [3.05, 3.63) is 96.2 Å². The molecular weight excluding hydrogens is 394 g/mol. The minimum absolute atomic E-state index is 0.249. The van der Waals surface area contributed by atoms with Crippen LogP contribution in [-0.4, -0.2) is 4.98 Å². The smallest absolute Gasteiger partial charge is 0.227 e. The fraction of sp³-hybridized carbons (Fsp3) is 0.0769. The third kappa shape index (κ3) is 3.48. The van der Waals surface area contributed by atoms with E-state index in [9.17, 15) is 8.78 Å². The van der Waals surface area contributed by atoms with E-state index < -0.39 is 0 Å². The van der Waals surface area contributed by atoms with Crippen molar-refractivity contribution in [1.29, 1.82) is 0 Å². The van der Waals surface area contributed by atoms with E-state index in [1.807, 2.05) is 49.0 Å². The highest BCUT2D eigenvalue weighted by Crippen LogP contribution is 2.32. The van der Waals surface area contributed by atoms with E-state index in [1.54, 1.807) is 24.3 Å². The summed E-state index contributed by atoms with van der Waals surface area (Å²) in [5.41, 5.74) is 7.22. The zero-order valence-corrected chi connectivity index (χ0v) is 17.1.